The van der Waals surface area contributed by atoms with Crippen molar-refractivity contribution in [3.63, 3.8) is 0 Å². The van der Waals surface area contributed by atoms with Gasteiger partial charge in [0, 0.05) is 24.3 Å². The van der Waals surface area contributed by atoms with Gasteiger partial charge in [-0.1, -0.05) is 6.92 Å². The fraction of sp³-hybridized carbons (Fsp3) is 0.500. The normalized spacial score (nSPS) is 12.8. The fourth-order valence-electron chi connectivity index (χ4n) is 1.93. The Kier molecular flexibility index (Phi) is 4.28. The molecule has 0 saturated carbocycles. The third kappa shape index (κ3) is 3.14. The first-order chi connectivity index (χ1) is 8.31. The van der Waals surface area contributed by atoms with Crippen LogP contribution in [0.3, 0.4) is 0 Å². The lowest BCUT2D eigenvalue weighted by Crippen LogP contribution is -2.22. The number of hydrogen-bond acceptors (Lipinski definition) is 4. The van der Waals surface area contributed by atoms with E-state index in [4.69, 9.17) is 0 Å². The zero-order valence-corrected chi connectivity index (χ0v) is 11.1. The Hall–Kier alpha value is -1.20. The molecule has 2 rings (SSSR count). The molecule has 0 radical (unpaired) electrons. The van der Waals surface area contributed by atoms with Crippen LogP contribution >= 0.6 is 11.3 Å². The summed E-state index contributed by atoms with van der Waals surface area (Å²) >= 11 is 1.65. The first-order valence-electron chi connectivity index (χ1n) is 5.89. The van der Waals surface area contributed by atoms with Gasteiger partial charge in [0.15, 0.2) is 0 Å². The van der Waals surface area contributed by atoms with E-state index in [9.17, 15) is 0 Å². The van der Waals surface area contributed by atoms with Gasteiger partial charge in [-0.3, -0.25) is 4.68 Å². The molecule has 0 fully saturated rings. The van der Waals surface area contributed by atoms with Crippen LogP contribution < -0.4 is 5.32 Å². The quantitative estimate of drug-likeness (QED) is 0.854. The number of thiazole rings is 1. The highest BCUT2D eigenvalue weighted by molar-refractivity contribution is 7.07. The Morgan fingerprint density at radius 3 is 3.00 bits per heavy atom. The molecule has 17 heavy (non-hydrogen) atoms. The molecule has 1 atom stereocenters. The zero-order valence-electron chi connectivity index (χ0n) is 10.3. The summed E-state index contributed by atoms with van der Waals surface area (Å²) in [6.45, 7) is 3.09. The molecule has 0 bridgehead atoms. The van der Waals surface area contributed by atoms with E-state index in [0.29, 0.717) is 6.04 Å². The topological polar surface area (TPSA) is 42.7 Å². The van der Waals surface area contributed by atoms with Crippen molar-refractivity contribution < 1.29 is 0 Å². The highest BCUT2D eigenvalue weighted by Crippen LogP contribution is 2.18. The molecule has 0 spiro atoms. The van der Waals surface area contributed by atoms with Crippen LogP contribution in [0, 0.1) is 0 Å². The van der Waals surface area contributed by atoms with E-state index in [1.165, 1.54) is 5.69 Å². The summed E-state index contributed by atoms with van der Waals surface area (Å²) in [5, 5.41) is 9.79. The molecule has 0 aliphatic rings. The average Bonchev–Trinajstić information content (AvgIpc) is 2.96. The summed E-state index contributed by atoms with van der Waals surface area (Å²) in [7, 11) is 1.99. The van der Waals surface area contributed by atoms with Gasteiger partial charge < -0.3 is 5.32 Å². The number of aromatic nitrogens is 3. The van der Waals surface area contributed by atoms with Crippen molar-refractivity contribution in [1.29, 1.82) is 0 Å². The van der Waals surface area contributed by atoms with E-state index < -0.39 is 0 Å². The van der Waals surface area contributed by atoms with Gasteiger partial charge in [0.2, 0.25) is 0 Å². The van der Waals surface area contributed by atoms with Crippen molar-refractivity contribution in [2.45, 2.75) is 25.8 Å². The standard InChI is InChI=1S/C12H18N4S/c1-3-13-11(12-8-17-9-14-12)5-4-10-6-7-15-16(10)2/h6-9,11,13H,3-5H2,1-2H3. The van der Waals surface area contributed by atoms with Crippen molar-refractivity contribution in [2.75, 3.05) is 6.54 Å². The Morgan fingerprint density at radius 1 is 1.53 bits per heavy atom. The number of nitrogens with zero attached hydrogens (tertiary/aromatic N) is 3. The van der Waals surface area contributed by atoms with Crippen molar-refractivity contribution in [3.05, 3.63) is 34.5 Å². The molecular formula is C12H18N4S. The van der Waals surface area contributed by atoms with E-state index >= 15 is 0 Å². The third-order valence-electron chi connectivity index (χ3n) is 2.87. The molecule has 5 heteroatoms. The molecule has 2 aromatic heterocycles. The van der Waals surface area contributed by atoms with Gasteiger partial charge in [0.25, 0.3) is 0 Å². The van der Waals surface area contributed by atoms with Crippen LogP contribution in [0.15, 0.2) is 23.2 Å². The first-order valence-corrected chi connectivity index (χ1v) is 6.84. The first kappa shape index (κ1) is 12.3. The van der Waals surface area contributed by atoms with Crippen LogP contribution in [0.4, 0.5) is 0 Å². The smallest absolute Gasteiger partial charge is 0.0795 e. The van der Waals surface area contributed by atoms with Gasteiger partial charge in [-0.05, 0) is 25.5 Å². The van der Waals surface area contributed by atoms with E-state index in [1.807, 2.05) is 23.4 Å². The van der Waals surface area contributed by atoms with Gasteiger partial charge in [-0.15, -0.1) is 11.3 Å². The molecule has 0 saturated heterocycles. The van der Waals surface area contributed by atoms with Crippen molar-refractivity contribution >= 4 is 11.3 Å². The Morgan fingerprint density at radius 2 is 2.41 bits per heavy atom. The van der Waals surface area contributed by atoms with Gasteiger partial charge in [0.1, 0.15) is 0 Å². The molecule has 1 unspecified atom stereocenters. The second-order valence-corrected chi connectivity index (χ2v) is 4.73. The van der Waals surface area contributed by atoms with Crippen LogP contribution in [-0.4, -0.2) is 21.3 Å². The molecule has 0 amide bonds. The number of rotatable bonds is 6. The van der Waals surface area contributed by atoms with Crippen molar-refractivity contribution in [1.82, 2.24) is 20.1 Å². The molecule has 2 aromatic rings. The lowest BCUT2D eigenvalue weighted by Gasteiger charge is -2.15. The average molecular weight is 250 g/mol. The van der Waals surface area contributed by atoms with Crippen LogP contribution in [0.2, 0.25) is 0 Å². The summed E-state index contributed by atoms with van der Waals surface area (Å²) in [5.41, 5.74) is 4.31. The largest absolute Gasteiger partial charge is 0.309 e. The summed E-state index contributed by atoms with van der Waals surface area (Å²) in [5.74, 6) is 0. The summed E-state index contributed by atoms with van der Waals surface area (Å²) in [6, 6.07) is 2.42. The Balaban J connectivity index is 1.97. The highest BCUT2D eigenvalue weighted by Gasteiger charge is 2.12. The van der Waals surface area contributed by atoms with Crippen LogP contribution in [0.5, 0.6) is 0 Å². The molecule has 0 aromatic carbocycles. The van der Waals surface area contributed by atoms with Crippen molar-refractivity contribution in [2.24, 2.45) is 7.05 Å². The molecule has 0 aliphatic heterocycles. The minimum Gasteiger partial charge on any atom is -0.309 e. The summed E-state index contributed by atoms with van der Waals surface area (Å²) in [6.07, 6.45) is 3.92. The van der Waals surface area contributed by atoms with Gasteiger partial charge >= 0.3 is 0 Å². The maximum absolute atomic E-state index is 4.39. The predicted octanol–water partition coefficient (Wildman–Crippen LogP) is 2.16. The van der Waals surface area contributed by atoms with E-state index in [1.54, 1.807) is 11.3 Å². The monoisotopic (exact) mass is 250 g/mol. The second-order valence-electron chi connectivity index (χ2n) is 4.01. The second kappa shape index (κ2) is 5.93. The Labute approximate surface area is 106 Å². The lowest BCUT2D eigenvalue weighted by molar-refractivity contribution is 0.497. The van der Waals surface area contributed by atoms with E-state index in [2.05, 4.69) is 33.8 Å². The van der Waals surface area contributed by atoms with E-state index in [0.717, 1.165) is 25.1 Å². The molecule has 1 N–H and O–H groups in total. The maximum atomic E-state index is 4.39. The number of hydrogen-bond donors (Lipinski definition) is 1. The maximum Gasteiger partial charge on any atom is 0.0795 e. The minimum atomic E-state index is 0.348. The Bertz CT molecular complexity index is 435. The molecule has 92 valence electrons. The molecule has 4 nitrogen and oxygen atoms in total. The van der Waals surface area contributed by atoms with Gasteiger partial charge in [0.05, 0.1) is 17.2 Å². The lowest BCUT2D eigenvalue weighted by atomic mass is 10.1. The summed E-state index contributed by atoms with van der Waals surface area (Å²) in [4.78, 5) is 4.39. The zero-order chi connectivity index (χ0) is 12.1. The fourth-order valence-corrected chi connectivity index (χ4v) is 2.54. The van der Waals surface area contributed by atoms with Crippen LogP contribution in [0.25, 0.3) is 0 Å². The SMILES string of the molecule is CCNC(CCc1ccnn1C)c1cscn1. The third-order valence-corrected chi connectivity index (χ3v) is 3.48. The van der Waals surface area contributed by atoms with Gasteiger partial charge in [-0.2, -0.15) is 5.10 Å². The van der Waals surface area contributed by atoms with Crippen LogP contribution in [0.1, 0.15) is 30.8 Å². The molecule has 0 aliphatic carbocycles. The van der Waals surface area contributed by atoms with Crippen LogP contribution in [-0.2, 0) is 13.5 Å². The molecule has 2 heterocycles. The van der Waals surface area contributed by atoms with Crippen molar-refractivity contribution in [3.8, 4) is 0 Å². The predicted molar refractivity (Wildman–Crippen MR) is 70.1 cm³/mol. The molecular weight excluding hydrogens is 232 g/mol. The number of aryl methyl sites for hydroxylation is 2. The summed E-state index contributed by atoms with van der Waals surface area (Å²) < 4.78 is 1.93. The number of nitrogens with one attached hydrogen (secondary N) is 1. The minimum absolute atomic E-state index is 0.348. The highest BCUT2D eigenvalue weighted by atomic mass is 32.1. The van der Waals surface area contributed by atoms with Gasteiger partial charge in [-0.25, -0.2) is 4.98 Å². The van der Waals surface area contributed by atoms with E-state index in [-0.39, 0.29) is 0 Å².